The molecule has 2 aliphatic heterocycles. The van der Waals surface area contributed by atoms with Crippen molar-refractivity contribution in [2.24, 2.45) is 23.7 Å². The molecule has 2 heterocycles. The van der Waals surface area contributed by atoms with E-state index in [1.165, 1.54) is 11.1 Å². The lowest BCUT2D eigenvalue weighted by Gasteiger charge is -2.46. The molecule has 9 heteroatoms. The lowest BCUT2D eigenvalue weighted by atomic mass is 9.68. The van der Waals surface area contributed by atoms with Crippen molar-refractivity contribution in [2.45, 2.75) is 75.1 Å². The van der Waals surface area contributed by atoms with Gasteiger partial charge in [0.15, 0.2) is 0 Å². The summed E-state index contributed by atoms with van der Waals surface area (Å²) in [6.45, 7) is 3.67. The van der Waals surface area contributed by atoms with Gasteiger partial charge in [0.05, 0.1) is 23.6 Å². The summed E-state index contributed by atoms with van der Waals surface area (Å²) in [5, 5.41) is 11.5. The molecule has 2 saturated carbocycles. The summed E-state index contributed by atoms with van der Waals surface area (Å²) >= 11 is 6.39. The first-order valence-electron chi connectivity index (χ1n) is 15.2. The minimum Gasteiger partial charge on any atom is -0.490 e. The number of fused-ring (bicyclic) bond motifs is 5. The van der Waals surface area contributed by atoms with E-state index < -0.39 is 21.2 Å². The van der Waals surface area contributed by atoms with Gasteiger partial charge in [-0.1, -0.05) is 17.7 Å². The van der Waals surface area contributed by atoms with Crippen molar-refractivity contribution in [1.82, 2.24) is 4.72 Å². The number of aliphatic hydroxyl groups excluding tert-OH is 1. The van der Waals surface area contributed by atoms with E-state index in [0.717, 1.165) is 68.7 Å². The Bertz CT molecular complexity index is 1480. The van der Waals surface area contributed by atoms with Crippen LogP contribution in [0.2, 0.25) is 5.02 Å². The molecule has 7 rings (SSSR count). The number of hydrogen-bond donors (Lipinski definition) is 2. The third-order valence-corrected chi connectivity index (χ3v) is 12.8. The van der Waals surface area contributed by atoms with Crippen LogP contribution in [-0.4, -0.2) is 50.5 Å². The van der Waals surface area contributed by atoms with E-state index in [1.807, 2.05) is 12.1 Å². The molecule has 3 aliphatic carbocycles. The van der Waals surface area contributed by atoms with E-state index >= 15 is 0 Å². The Balaban J connectivity index is 1.29. The molecular weight excluding hydrogens is 560 g/mol. The first kappa shape index (κ1) is 27.5. The van der Waals surface area contributed by atoms with Crippen LogP contribution in [0.25, 0.3) is 0 Å². The fraction of sp³-hybridized carbons (Fsp3) is 0.594. The molecule has 5 aliphatic rings. The number of hydrogen-bond acceptors (Lipinski definition) is 6. The zero-order valence-electron chi connectivity index (χ0n) is 23.5. The fourth-order valence-electron chi connectivity index (χ4n) is 8.04. The lowest BCUT2D eigenvalue weighted by Crippen LogP contribution is -2.50. The summed E-state index contributed by atoms with van der Waals surface area (Å²) in [6, 6.07) is 11.5. The minimum atomic E-state index is -3.83. The van der Waals surface area contributed by atoms with Gasteiger partial charge < -0.3 is 14.7 Å². The van der Waals surface area contributed by atoms with E-state index in [4.69, 9.17) is 16.3 Å². The highest BCUT2D eigenvalue weighted by molar-refractivity contribution is 7.90. The second-order valence-corrected chi connectivity index (χ2v) is 15.8. The third-order valence-electron chi connectivity index (χ3n) is 10.8. The first-order chi connectivity index (χ1) is 19.6. The van der Waals surface area contributed by atoms with Crippen LogP contribution in [0.15, 0.2) is 36.4 Å². The Morgan fingerprint density at radius 2 is 1.90 bits per heavy atom. The smallest absolute Gasteiger partial charge is 0.264 e. The van der Waals surface area contributed by atoms with Gasteiger partial charge in [0.1, 0.15) is 5.75 Å². The molecule has 1 spiro atoms. The van der Waals surface area contributed by atoms with Gasteiger partial charge in [-0.15, -0.1) is 0 Å². The Hall–Kier alpha value is -2.29. The Morgan fingerprint density at radius 3 is 2.71 bits per heavy atom. The van der Waals surface area contributed by atoms with Gasteiger partial charge in [0.2, 0.25) is 10.0 Å². The normalized spacial score (nSPS) is 36.0. The summed E-state index contributed by atoms with van der Waals surface area (Å²) in [4.78, 5) is 15.6. The zero-order valence-corrected chi connectivity index (χ0v) is 25.1. The summed E-state index contributed by atoms with van der Waals surface area (Å²) in [5.41, 5.74) is 3.43. The van der Waals surface area contributed by atoms with Crippen LogP contribution in [0, 0.1) is 23.7 Å². The molecule has 0 aromatic heterocycles. The van der Waals surface area contributed by atoms with Gasteiger partial charge in [-0.3, -0.25) is 4.79 Å². The summed E-state index contributed by atoms with van der Waals surface area (Å²) in [5.74, 6) is 1.29. The molecule has 220 valence electrons. The van der Waals surface area contributed by atoms with Crippen molar-refractivity contribution >= 4 is 33.2 Å². The number of ether oxygens (including phenoxy) is 1. The standard InChI is InChI=1S/C32H39ClN2O5S/c1-19-4-5-20-14-26(20)30(36)25-9-6-23(25)16-35-17-32(12-2-3-21-13-24(33)8-10-27(21)32)18-40-29-11-7-22(15-28(29)35)31(37)34-41(19,38)39/h7-8,10-11,13,15,19-20,23,25-26,30,36H,2-6,9,12,14,16-18H2,1H3,(H,34,37)/t19-,20+,23+,25-,26?,30-,32+/m1/s1. The second kappa shape index (κ2) is 10.2. The highest BCUT2D eigenvalue weighted by Gasteiger charge is 2.50. The quantitative estimate of drug-likeness (QED) is 0.439. The van der Waals surface area contributed by atoms with Crippen LogP contribution in [0.5, 0.6) is 5.75 Å². The number of nitrogens with zero attached hydrogens (tertiary/aromatic N) is 1. The molecule has 2 aromatic carbocycles. The average Bonchev–Trinajstić information content (AvgIpc) is 3.72. The second-order valence-electron chi connectivity index (χ2n) is 13.3. The van der Waals surface area contributed by atoms with Crippen LogP contribution in [0.3, 0.4) is 0 Å². The fourth-order valence-corrected chi connectivity index (χ4v) is 9.26. The topological polar surface area (TPSA) is 95.9 Å². The molecule has 7 nitrogen and oxygen atoms in total. The molecule has 1 unspecified atom stereocenters. The van der Waals surface area contributed by atoms with Crippen LogP contribution >= 0.6 is 11.6 Å². The van der Waals surface area contributed by atoms with Crippen LogP contribution in [0.1, 0.15) is 73.4 Å². The van der Waals surface area contributed by atoms with Gasteiger partial charge in [-0.25, -0.2) is 13.1 Å². The number of rotatable bonds is 0. The number of aliphatic hydroxyl groups is 1. The van der Waals surface area contributed by atoms with Crippen molar-refractivity contribution in [3.05, 3.63) is 58.1 Å². The Kier molecular flexibility index (Phi) is 6.83. The van der Waals surface area contributed by atoms with Gasteiger partial charge in [0, 0.05) is 29.1 Å². The Labute approximate surface area is 247 Å². The highest BCUT2D eigenvalue weighted by atomic mass is 35.5. The number of carbonyl (C=O) groups excluding carboxylic acids is 1. The van der Waals surface area contributed by atoms with Crippen molar-refractivity contribution in [2.75, 3.05) is 24.6 Å². The molecule has 0 radical (unpaired) electrons. The zero-order chi connectivity index (χ0) is 28.5. The largest absolute Gasteiger partial charge is 0.490 e. The van der Waals surface area contributed by atoms with E-state index in [2.05, 4.69) is 21.8 Å². The van der Waals surface area contributed by atoms with E-state index in [1.54, 1.807) is 19.1 Å². The predicted octanol–water partition coefficient (Wildman–Crippen LogP) is 5.08. The van der Waals surface area contributed by atoms with Gasteiger partial charge in [-0.2, -0.15) is 0 Å². The number of nitrogens with one attached hydrogen (secondary N) is 1. The van der Waals surface area contributed by atoms with Crippen molar-refractivity contribution in [1.29, 1.82) is 0 Å². The first-order valence-corrected chi connectivity index (χ1v) is 17.1. The molecule has 2 aromatic rings. The van der Waals surface area contributed by atoms with E-state index in [0.29, 0.717) is 36.2 Å². The molecule has 41 heavy (non-hydrogen) atoms. The number of benzene rings is 2. The van der Waals surface area contributed by atoms with Crippen molar-refractivity contribution < 1.29 is 23.1 Å². The van der Waals surface area contributed by atoms with E-state index in [9.17, 15) is 18.3 Å². The molecular formula is C32H39ClN2O5S. The monoisotopic (exact) mass is 598 g/mol. The molecule has 7 atom stereocenters. The Morgan fingerprint density at radius 1 is 1.07 bits per heavy atom. The molecule has 2 bridgehead atoms. The molecule has 2 N–H and O–H groups in total. The number of sulfonamides is 1. The third kappa shape index (κ3) is 4.94. The number of anilines is 1. The van der Waals surface area contributed by atoms with Gasteiger partial charge in [0.25, 0.3) is 5.91 Å². The predicted molar refractivity (Wildman–Crippen MR) is 159 cm³/mol. The summed E-state index contributed by atoms with van der Waals surface area (Å²) in [7, 11) is -3.83. The molecule has 1 amide bonds. The lowest BCUT2D eigenvalue weighted by molar-refractivity contribution is -0.00184. The van der Waals surface area contributed by atoms with E-state index in [-0.39, 0.29) is 23.4 Å². The van der Waals surface area contributed by atoms with Crippen LogP contribution in [0.4, 0.5) is 5.69 Å². The van der Waals surface area contributed by atoms with Gasteiger partial charge in [-0.05, 0) is 123 Å². The van der Waals surface area contributed by atoms with Gasteiger partial charge >= 0.3 is 0 Å². The number of amides is 1. The van der Waals surface area contributed by atoms with Crippen LogP contribution < -0.4 is 14.4 Å². The summed E-state index contributed by atoms with van der Waals surface area (Å²) < 4.78 is 35.0. The number of aryl methyl sites for hydroxylation is 1. The maximum Gasteiger partial charge on any atom is 0.264 e. The maximum atomic E-state index is 13.3. The average molecular weight is 599 g/mol. The maximum absolute atomic E-state index is 13.3. The number of carbonyl (C=O) groups is 1. The minimum absolute atomic E-state index is 0.237. The van der Waals surface area contributed by atoms with Crippen LogP contribution in [-0.2, 0) is 21.9 Å². The number of halogens is 1. The SMILES string of the molecule is C[C@@H]1CC[C@H]2CC2[C@H](O)[C@@H]2CC[C@H]2CN2C[C@@]3(CCCc4cc(Cl)ccc43)COc3ccc(cc32)C(=O)NS1(=O)=O. The molecule has 0 saturated heterocycles. The molecule has 2 fully saturated rings. The van der Waals surface area contributed by atoms with Crippen molar-refractivity contribution in [3.8, 4) is 5.75 Å². The summed E-state index contributed by atoms with van der Waals surface area (Å²) in [6.07, 6.45) is 6.93. The highest BCUT2D eigenvalue weighted by Crippen LogP contribution is 2.52. The van der Waals surface area contributed by atoms with Crippen molar-refractivity contribution in [3.63, 3.8) is 0 Å².